The van der Waals surface area contributed by atoms with Crippen LogP contribution in [0.15, 0.2) is 250 Å². The zero-order valence-corrected chi connectivity index (χ0v) is 78.4. The van der Waals surface area contributed by atoms with E-state index in [0.717, 1.165) is 115 Å². The third-order valence-corrected chi connectivity index (χ3v) is 27.0. The number of piperidine rings is 2. The molecule has 700 valence electrons. The molecule has 9 N–H and O–H groups in total. The number of morpholine rings is 1. The summed E-state index contributed by atoms with van der Waals surface area (Å²) in [7, 11) is 3.98. The van der Waals surface area contributed by atoms with Crippen molar-refractivity contribution in [3.63, 3.8) is 0 Å². The fourth-order valence-corrected chi connectivity index (χ4v) is 19.9. The number of hydrogen-bond acceptors (Lipinski definition) is 26. The number of nitrogens with two attached hydrogens (primary N) is 1. The summed E-state index contributed by atoms with van der Waals surface area (Å²) in [4.78, 5) is 136. The van der Waals surface area contributed by atoms with E-state index in [1.54, 1.807) is 72.8 Å². The van der Waals surface area contributed by atoms with Crippen molar-refractivity contribution in [3.8, 4) is 34.5 Å². The normalized spacial score (nSPS) is 15.0. The van der Waals surface area contributed by atoms with Crippen LogP contribution in [0.3, 0.4) is 0 Å². The van der Waals surface area contributed by atoms with E-state index in [-0.39, 0.29) is 29.9 Å². The number of anilines is 13. The molecule has 6 aliphatic heterocycles. The number of ether oxygens (including phenoxy) is 5. The maximum absolute atomic E-state index is 13.7. The van der Waals surface area contributed by atoms with Gasteiger partial charge in [-0.05, 0) is 222 Å². The standard InChI is InChI=1S/C37H37N7O5S.C33H31N7O4S.C32H29N7O3S/c1-37(2,3)49-36(47)41-25-17-19-43(20-18-25)21-23-9-11-24(12-10-23)40-33(45)31-30-29-32(38-22-39-34(29)50-31)44(35(46)42-30)26-13-15-28(16-14-26)48-27-7-5-4-6-8-27;1-38(2)26-18-22(9-8-21(26)19-39-14-16-43-17-15-39)36-31(41)29-28-27-30(34-20-35-32(27)45-29)40(33(42)37-28)23-10-12-25(13-11-23)44-24-6-4-3-5-7-24;33-21-14-16-38(17-15-21)18-20-6-8-22(9-7-20)36-30(40)28-27-26-29(34-19-35-31(26)43-28)39(32(41)37-27)23-10-12-25(13-11-23)42-24-4-2-1-3-5-24/h4-16,22,25H,17-21H2,1-3H3,(H,40,45)(H,41,47)(H,42,46);3-13,18,20H,14-17,19H2,1-2H3,(H,36,41)(H,37,42);1-13,19,21H,14-18,33H2,(H,36,40)(H,37,41). The van der Waals surface area contributed by atoms with Crippen molar-refractivity contribution >= 4 is 181 Å². The first-order valence-corrected chi connectivity index (χ1v) is 47.6. The second-order valence-electron chi connectivity index (χ2n) is 34.8. The highest BCUT2D eigenvalue weighted by molar-refractivity contribution is 7.22. The largest absolute Gasteiger partial charge is 0.457 e. The van der Waals surface area contributed by atoms with Gasteiger partial charge in [0.25, 0.3) is 17.7 Å². The molecule has 9 aromatic carbocycles. The molecule has 15 aromatic rings. The zero-order chi connectivity index (χ0) is 95.1. The molecular weight excluding hydrogens is 1810 g/mol. The summed E-state index contributed by atoms with van der Waals surface area (Å²) in [5.74, 6) is 4.27. The van der Waals surface area contributed by atoms with Gasteiger partial charge in [-0.15, -0.1) is 34.0 Å². The molecule has 12 heterocycles. The molecule has 0 spiro atoms. The minimum absolute atomic E-state index is 0.0968. The molecule has 0 saturated carbocycles. The topological polar surface area (TPSA) is 376 Å². The van der Waals surface area contributed by atoms with Gasteiger partial charge >= 0.3 is 24.2 Å². The van der Waals surface area contributed by atoms with Crippen LogP contribution >= 0.6 is 34.0 Å². The third kappa shape index (κ3) is 21.0. The number of benzene rings is 9. The second-order valence-corrected chi connectivity index (χ2v) is 37.8. The number of nitrogens with one attached hydrogen (secondary N) is 7. The van der Waals surface area contributed by atoms with Crippen molar-refractivity contribution in [2.75, 3.05) is 118 Å². The zero-order valence-electron chi connectivity index (χ0n) is 75.9. The summed E-state index contributed by atoms with van der Waals surface area (Å²) in [5.41, 5.74) is 15.0. The molecule has 138 heavy (non-hydrogen) atoms. The van der Waals surface area contributed by atoms with E-state index < -0.39 is 23.7 Å². The number of urea groups is 3. The molecule has 6 aromatic heterocycles. The van der Waals surface area contributed by atoms with Gasteiger partial charge in [0.2, 0.25) is 0 Å². The Kier molecular flexibility index (Phi) is 27.0. The van der Waals surface area contributed by atoms with Gasteiger partial charge in [-0.1, -0.05) is 84.9 Å². The predicted octanol–water partition coefficient (Wildman–Crippen LogP) is 20.6. The predicted molar refractivity (Wildman–Crippen MR) is 538 cm³/mol. The van der Waals surface area contributed by atoms with Crippen LogP contribution in [-0.4, -0.2) is 171 Å². The van der Waals surface area contributed by atoms with E-state index in [1.165, 1.54) is 78.8 Å². The van der Waals surface area contributed by atoms with Gasteiger partial charge in [-0.25, -0.2) is 63.8 Å². The number of carbonyl (C=O) groups excluding carboxylic acids is 7. The van der Waals surface area contributed by atoms with Crippen LogP contribution in [0.2, 0.25) is 0 Å². The van der Waals surface area contributed by atoms with Crippen LogP contribution in [-0.2, 0) is 29.1 Å². The van der Waals surface area contributed by atoms with Crippen molar-refractivity contribution in [2.45, 2.75) is 83.8 Å². The molecule has 6 aliphatic rings. The Bertz CT molecular complexity index is 7000. The number of rotatable bonds is 23. The van der Waals surface area contributed by atoms with Crippen molar-refractivity contribution < 1.29 is 57.2 Å². The number of likely N-dealkylation sites (tertiary alicyclic amines) is 2. The summed E-state index contributed by atoms with van der Waals surface area (Å²) in [6.45, 7) is 14.9. The fourth-order valence-electron chi connectivity index (χ4n) is 16.9. The second kappa shape index (κ2) is 40.6. The smallest absolute Gasteiger partial charge is 0.407 e. The number of amides is 10. The van der Waals surface area contributed by atoms with Gasteiger partial charge in [0.15, 0.2) is 17.5 Å². The number of hydrogen-bond donors (Lipinski definition) is 8. The summed E-state index contributed by atoms with van der Waals surface area (Å²) < 4.78 is 28.6. The number of alkyl carbamates (subject to hydrolysis) is 1. The third-order valence-electron chi connectivity index (χ3n) is 23.7. The molecule has 33 nitrogen and oxygen atoms in total. The Labute approximate surface area is 805 Å². The number of thiophene rings is 3. The van der Waals surface area contributed by atoms with E-state index in [1.807, 2.05) is 191 Å². The number of nitrogens with zero attached hydrogens (tertiary/aromatic N) is 13. The van der Waals surface area contributed by atoms with Crippen LogP contribution in [0.25, 0.3) is 30.6 Å². The van der Waals surface area contributed by atoms with E-state index in [4.69, 9.17) is 29.4 Å². The molecule has 0 radical (unpaired) electrons. The van der Waals surface area contributed by atoms with Crippen molar-refractivity contribution in [1.82, 2.24) is 49.9 Å². The van der Waals surface area contributed by atoms with Crippen LogP contribution in [0.4, 0.5) is 93.5 Å². The van der Waals surface area contributed by atoms with Crippen LogP contribution < -0.4 is 76.8 Å². The number of carbonyl (C=O) groups is 7. The molecule has 0 bridgehead atoms. The summed E-state index contributed by atoms with van der Waals surface area (Å²) in [6, 6.07) is 70.5. The lowest BCUT2D eigenvalue weighted by Gasteiger charge is -2.32. The van der Waals surface area contributed by atoms with Gasteiger partial charge < -0.3 is 71.5 Å². The fraction of sp³-hybridized carbons (Fsp3) is 0.225. The van der Waals surface area contributed by atoms with Gasteiger partial charge in [0.05, 0.1) is 63.5 Å². The minimum atomic E-state index is -0.519. The molecule has 10 amide bonds. The maximum Gasteiger partial charge on any atom is 0.407 e. The quantitative estimate of drug-likeness (QED) is 0.0295. The Morgan fingerprint density at radius 2 is 0.768 bits per heavy atom. The lowest BCUT2D eigenvalue weighted by atomic mass is 10.0. The minimum Gasteiger partial charge on any atom is -0.457 e. The summed E-state index contributed by atoms with van der Waals surface area (Å²) in [5, 5.41) is 22.5. The molecule has 0 atom stereocenters. The Morgan fingerprint density at radius 3 is 1.13 bits per heavy atom. The van der Waals surface area contributed by atoms with Gasteiger partial charge in [0, 0.05) is 94.7 Å². The first-order valence-electron chi connectivity index (χ1n) is 45.1. The lowest BCUT2D eigenvalue weighted by molar-refractivity contribution is 0.0342. The van der Waals surface area contributed by atoms with E-state index in [2.05, 4.69) is 87.9 Å². The van der Waals surface area contributed by atoms with Crippen molar-refractivity contribution in [1.29, 1.82) is 0 Å². The molecule has 3 fully saturated rings. The average molecular weight is 1910 g/mol. The summed E-state index contributed by atoms with van der Waals surface area (Å²) >= 11 is 3.63. The molecule has 36 heteroatoms. The highest BCUT2D eigenvalue weighted by Gasteiger charge is 2.39. The van der Waals surface area contributed by atoms with Gasteiger partial charge in [0.1, 0.15) is 88.2 Å². The highest BCUT2D eigenvalue weighted by atomic mass is 32.1. The van der Waals surface area contributed by atoms with E-state index in [9.17, 15) is 33.6 Å². The van der Waals surface area contributed by atoms with Crippen molar-refractivity contribution in [3.05, 3.63) is 281 Å². The highest BCUT2D eigenvalue weighted by Crippen LogP contribution is 2.50. The Morgan fingerprint density at radius 1 is 0.428 bits per heavy atom. The van der Waals surface area contributed by atoms with E-state index >= 15 is 0 Å². The van der Waals surface area contributed by atoms with Crippen LogP contribution in [0.5, 0.6) is 34.5 Å². The maximum atomic E-state index is 13.7. The number of para-hydroxylation sites is 3. The average Bonchev–Trinajstić information content (AvgIpc) is 1.59. The summed E-state index contributed by atoms with van der Waals surface area (Å²) in [6.07, 6.45) is 7.58. The first kappa shape index (κ1) is 91.7. The Hall–Kier alpha value is -15.4. The SMILES string of the molecule is CC(C)(C)OC(=O)NC1CCN(Cc2ccc(NC(=O)c3sc4ncnc5c4c3NC(=O)N5c3ccc(Oc4ccccc4)cc3)cc2)CC1.CN(C)c1cc(NC(=O)c2sc3ncnc4c3c2NC(=O)N4c2ccc(Oc3ccccc3)cc2)ccc1CN1CCOCC1.NC1CCN(Cc2ccc(NC(=O)c3sc4ncnc5c4c3NC(=O)N5c3ccc(Oc4ccccc4)cc3)cc2)CC1. The monoisotopic (exact) mass is 1900 g/mol. The van der Waals surface area contributed by atoms with Crippen LogP contribution in [0.1, 0.15) is 92.2 Å². The molecule has 3 saturated heterocycles. The number of aromatic nitrogens is 6. The molecule has 21 rings (SSSR count). The molecular formula is C102H97N21O12S3. The van der Waals surface area contributed by atoms with Gasteiger partial charge in [-0.3, -0.25) is 29.1 Å². The van der Waals surface area contributed by atoms with Crippen molar-refractivity contribution in [2.24, 2.45) is 5.73 Å². The van der Waals surface area contributed by atoms with E-state index in [0.29, 0.717) is 149 Å². The Balaban J connectivity index is 0.000000133. The van der Waals surface area contributed by atoms with Crippen LogP contribution in [0, 0.1) is 0 Å². The first-order chi connectivity index (χ1) is 67.0. The lowest BCUT2D eigenvalue weighted by Crippen LogP contribution is -2.45. The van der Waals surface area contributed by atoms with Gasteiger partial charge in [-0.2, -0.15) is 0 Å². The molecule has 0 unspecified atom stereocenters. The molecule has 0 aliphatic carbocycles.